The Labute approximate surface area is 92.2 Å². The summed E-state index contributed by atoms with van der Waals surface area (Å²) in [5.41, 5.74) is 3.09. The third-order valence-electron chi connectivity index (χ3n) is 1.58. The minimum atomic E-state index is -0.376. The molecule has 0 radical (unpaired) electrons. The molecule has 0 fully saturated rings. The van der Waals surface area contributed by atoms with Gasteiger partial charge >= 0.3 is 0 Å². The molecule has 0 aliphatic carbocycles. The van der Waals surface area contributed by atoms with E-state index in [1.165, 1.54) is 6.92 Å². The van der Waals surface area contributed by atoms with Crippen molar-refractivity contribution in [1.82, 2.24) is 0 Å². The number of anilines is 1. The highest BCUT2D eigenvalue weighted by Crippen LogP contribution is 2.13. The highest BCUT2D eigenvalue weighted by atomic mass is 35.5. The number of carbonyl (C=O) groups excluding carboxylic acids is 1. The van der Waals surface area contributed by atoms with Crippen LogP contribution in [-0.2, 0) is 4.79 Å². The molecule has 0 heterocycles. The van der Waals surface area contributed by atoms with Crippen molar-refractivity contribution < 1.29 is 4.79 Å². The van der Waals surface area contributed by atoms with Crippen LogP contribution >= 0.6 is 11.6 Å². The Hall–Kier alpha value is -1.86. The Morgan fingerprint density at radius 3 is 2.53 bits per heavy atom. The van der Waals surface area contributed by atoms with Crippen LogP contribution in [0.25, 0.3) is 0 Å². The van der Waals surface area contributed by atoms with Gasteiger partial charge in [-0.2, -0.15) is 10.4 Å². The van der Waals surface area contributed by atoms with Gasteiger partial charge in [-0.3, -0.25) is 10.2 Å². The molecule has 0 bridgehead atoms. The minimum absolute atomic E-state index is 0.162. The standard InChI is InChI=1S/C10H8ClN3O/c1-7(15)10(6-12)14-13-9-4-2-8(11)3-5-9/h2-5,13H,1H3/b14-10+. The molecule has 0 aromatic heterocycles. The molecular formula is C10H8ClN3O. The number of ketones is 1. The predicted molar refractivity (Wildman–Crippen MR) is 58.8 cm³/mol. The van der Waals surface area contributed by atoms with Crippen LogP contribution < -0.4 is 5.43 Å². The maximum absolute atomic E-state index is 10.8. The predicted octanol–water partition coefficient (Wildman–Crippen LogP) is 2.22. The van der Waals surface area contributed by atoms with Crippen molar-refractivity contribution >= 4 is 28.8 Å². The van der Waals surface area contributed by atoms with Crippen LogP contribution in [0.1, 0.15) is 6.92 Å². The van der Waals surface area contributed by atoms with Crippen molar-refractivity contribution in [2.75, 3.05) is 5.43 Å². The summed E-state index contributed by atoms with van der Waals surface area (Å²) in [5, 5.41) is 12.8. The second kappa shape index (κ2) is 5.13. The van der Waals surface area contributed by atoms with Crippen molar-refractivity contribution in [2.24, 2.45) is 5.10 Å². The molecule has 0 aliphatic rings. The topological polar surface area (TPSA) is 65.2 Å². The molecule has 1 rings (SSSR count). The summed E-state index contributed by atoms with van der Waals surface area (Å²) in [5.74, 6) is -0.376. The van der Waals surface area contributed by atoms with Crippen molar-refractivity contribution in [3.63, 3.8) is 0 Å². The third kappa shape index (κ3) is 3.41. The van der Waals surface area contributed by atoms with Crippen LogP contribution in [0.5, 0.6) is 0 Å². The Morgan fingerprint density at radius 1 is 1.47 bits per heavy atom. The summed E-state index contributed by atoms with van der Waals surface area (Å²) in [6, 6.07) is 8.45. The SMILES string of the molecule is CC(=O)/C(C#N)=N/Nc1ccc(Cl)cc1. The van der Waals surface area contributed by atoms with Gasteiger partial charge in [0.1, 0.15) is 6.07 Å². The molecule has 76 valence electrons. The minimum Gasteiger partial charge on any atom is -0.292 e. The maximum atomic E-state index is 10.8. The molecular weight excluding hydrogens is 214 g/mol. The van der Waals surface area contributed by atoms with E-state index >= 15 is 0 Å². The van der Waals surface area contributed by atoms with Gasteiger partial charge in [-0.05, 0) is 24.3 Å². The number of hydrogen-bond donors (Lipinski definition) is 1. The second-order valence-electron chi connectivity index (χ2n) is 2.75. The number of halogens is 1. The Kier molecular flexibility index (Phi) is 3.83. The highest BCUT2D eigenvalue weighted by Gasteiger charge is 2.03. The summed E-state index contributed by atoms with van der Waals surface area (Å²) in [6.07, 6.45) is 0. The third-order valence-corrected chi connectivity index (χ3v) is 1.83. The molecule has 0 unspecified atom stereocenters. The fourth-order valence-electron chi connectivity index (χ4n) is 0.827. The average Bonchev–Trinajstić information content (AvgIpc) is 2.21. The van der Waals surface area contributed by atoms with E-state index in [4.69, 9.17) is 16.9 Å². The number of hydrogen-bond acceptors (Lipinski definition) is 4. The smallest absolute Gasteiger partial charge is 0.203 e. The molecule has 0 saturated carbocycles. The van der Waals surface area contributed by atoms with Crippen LogP contribution in [0.3, 0.4) is 0 Å². The molecule has 15 heavy (non-hydrogen) atoms. The van der Waals surface area contributed by atoms with Gasteiger partial charge in [0, 0.05) is 11.9 Å². The van der Waals surface area contributed by atoms with Crippen molar-refractivity contribution in [1.29, 1.82) is 5.26 Å². The lowest BCUT2D eigenvalue weighted by molar-refractivity contribution is -0.110. The first-order chi connectivity index (χ1) is 7.13. The van der Waals surface area contributed by atoms with Gasteiger partial charge in [-0.1, -0.05) is 11.6 Å². The summed E-state index contributed by atoms with van der Waals surface area (Å²) in [7, 11) is 0. The van der Waals surface area contributed by atoms with E-state index in [0.717, 1.165) is 0 Å². The Morgan fingerprint density at radius 2 is 2.07 bits per heavy atom. The second-order valence-corrected chi connectivity index (χ2v) is 3.18. The molecule has 0 spiro atoms. The lowest BCUT2D eigenvalue weighted by atomic mass is 10.3. The van der Waals surface area contributed by atoms with Crippen LogP contribution in [0.15, 0.2) is 29.4 Å². The van der Waals surface area contributed by atoms with Gasteiger partial charge in [0.25, 0.3) is 0 Å². The first-order valence-corrected chi connectivity index (χ1v) is 4.51. The zero-order valence-electron chi connectivity index (χ0n) is 7.99. The van der Waals surface area contributed by atoms with Crippen LogP contribution in [-0.4, -0.2) is 11.5 Å². The molecule has 5 heteroatoms. The molecule has 1 aromatic carbocycles. The summed E-state index contributed by atoms with van der Waals surface area (Å²) in [6.45, 7) is 1.28. The Balaban J connectivity index is 2.76. The number of Topliss-reactive ketones (excluding diaryl/α,β-unsaturated/α-hetero) is 1. The van der Waals surface area contributed by atoms with Gasteiger partial charge in [0.2, 0.25) is 5.71 Å². The van der Waals surface area contributed by atoms with Crippen LogP contribution in [0.2, 0.25) is 5.02 Å². The lowest BCUT2D eigenvalue weighted by Crippen LogP contribution is -2.09. The average molecular weight is 222 g/mol. The summed E-state index contributed by atoms with van der Waals surface area (Å²) < 4.78 is 0. The van der Waals surface area contributed by atoms with E-state index in [1.807, 2.05) is 0 Å². The fourth-order valence-corrected chi connectivity index (χ4v) is 0.953. The zero-order valence-corrected chi connectivity index (χ0v) is 8.75. The number of benzene rings is 1. The van der Waals surface area contributed by atoms with E-state index < -0.39 is 0 Å². The molecule has 0 atom stereocenters. The molecule has 1 aromatic rings. The lowest BCUT2D eigenvalue weighted by Gasteiger charge is -1.99. The largest absolute Gasteiger partial charge is 0.292 e. The summed E-state index contributed by atoms with van der Waals surface area (Å²) >= 11 is 5.68. The monoisotopic (exact) mass is 221 g/mol. The van der Waals surface area contributed by atoms with E-state index in [9.17, 15) is 4.79 Å². The number of nitrogens with one attached hydrogen (secondary N) is 1. The normalized spacial score (nSPS) is 10.6. The van der Waals surface area contributed by atoms with Gasteiger partial charge in [0.05, 0.1) is 5.69 Å². The molecule has 0 aliphatic heterocycles. The van der Waals surface area contributed by atoms with Gasteiger partial charge < -0.3 is 0 Å². The fraction of sp³-hybridized carbons (Fsp3) is 0.100. The van der Waals surface area contributed by atoms with E-state index in [2.05, 4.69) is 10.5 Å². The highest BCUT2D eigenvalue weighted by molar-refractivity contribution is 6.45. The molecule has 0 amide bonds. The van der Waals surface area contributed by atoms with Gasteiger partial charge in [0.15, 0.2) is 5.78 Å². The first-order valence-electron chi connectivity index (χ1n) is 4.14. The van der Waals surface area contributed by atoms with Crippen LogP contribution in [0.4, 0.5) is 5.69 Å². The molecule has 4 nitrogen and oxygen atoms in total. The zero-order chi connectivity index (χ0) is 11.3. The maximum Gasteiger partial charge on any atom is 0.203 e. The van der Waals surface area contributed by atoms with Crippen molar-refractivity contribution in [3.8, 4) is 6.07 Å². The number of carbonyl (C=O) groups is 1. The Bertz CT molecular complexity index is 431. The van der Waals surface area contributed by atoms with Crippen molar-refractivity contribution in [2.45, 2.75) is 6.92 Å². The molecule has 1 N–H and O–H groups in total. The van der Waals surface area contributed by atoms with Crippen LogP contribution in [0, 0.1) is 11.3 Å². The number of nitrogens with zero attached hydrogens (tertiary/aromatic N) is 2. The first kappa shape index (κ1) is 11.2. The van der Waals surface area contributed by atoms with Crippen molar-refractivity contribution in [3.05, 3.63) is 29.3 Å². The molecule has 0 saturated heterocycles. The number of nitriles is 1. The van der Waals surface area contributed by atoms with Gasteiger partial charge in [-0.15, -0.1) is 0 Å². The number of hydrazone groups is 1. The summed E-state index contributed by atoms with van der Waals surface area (Å²) in [4.78, 5) is 10.8. The van der Waals surface area contributed by atoms with E-state index in [-0.39, 0.29) is 11.5 Å². The number of rotatable bonds is 3. The van der Waals surface area contributed by atoms with E-state index in [1.54, 1.807) is 30.3 Å². The van der Waals surface area contributed by atoms with E-state index in [0.29, 0.717) is 10.7 Å². The van der Waals surface area contributed by atoms with Gasteiger partial charge in [-0.25, -0.2) is 0 Å². The quantitative estimate of drug-likeness (QED) is 0.629.